The molecule has 0 bridgehead atoms. The molecule has 4 nitrogen and oxygen atoms in total. The van der Waals surface area contributed by atoms with Crippen molar-refractivity contribution in [3.63, 3.8) is 0 Å². The van der Waals surface area contributed by atoms with Crippen molar-refractivity contribution in [3.8, 4) is 0 Å². The monoisotopic (exact) mass is 378 g/mol. The molecule has 0 radical (unpaired) electrons. The molecule has 2 aromatic carbocycles. The van der Waals surface area contributed by atoms with Gasteiger partial charge in [0.15, 0.2) is 5.78 Å². The standard InChI is InChI=1S/C23H23FN2O2/c1-14(27)26-19-7-5-4-6-17(19)25-18-12-23(2,3)13-20(28)21(18)22(26)15-8-10-16(24)11-9-15/h4-11,22,25H,12-13H2,1-3H3. The number of carbonyl (C=O) groups is 2. The molecule has 0 saturated heterocycles. The van der Waals surface area contributed by atoms with E-state index in [1.165, 1.54) is 19.1 Å². The van der Waals surface area contributed by atoms with Crippen LogP contribution in [0.2, 0.25) is 0 Å². The summed E-state index contributed by atoms with van der Waals surface area (Å²) in [6.07, 6.45) is 1.11. The first-order chi connectivity index (χ1) is 13.3. The fourth-order valence-electron chi connectivity index (χ4n) is 4.30. The summed E-state index contributed by atoms with van der Waals surface area (Å²) in [6, 6.07) is 13.0. The van der Waals surface area contributed by atoms with Crippen LogP contribution < -0.4 is 10.2 Å². The van der Waals surface area contributed by atoms with Crippen LogP contribution >= 0.6 is 0 Å². The number of benzene rings is 2. The lowest BCUT2D eigenvalue weighted by Gasteiger charge is -2.36. The fraction of sp³-hybridized carbons (Fsp3) is 0.304. The lowest BCUT2D eigenvalue weighted by atomic mass is 9.73. The number of nitrogens with one attached hydrogen (secondary N) is 1. The van der Waals surface area contributed by atoms with Crippen LogP contribution in [0.5, 0.6) is 0 Å². The predicted octanol–water partition coefficient (Wildman–Crippen LogP) is 4.99. The highest BCUT2D eigenvalue weighted by Crippen LogP contribution is 2.48. The number of ketones is 1. The summed E-state index contributed by atoms with van der Waals surface area (Å²) in [4.78, 5) is 27.7. The van der Waals surface area contributed by atoms with E-state index in [1.807, 2.05) is 24.3 Å². The Bertz CT molecular complexity index is 992. The lowest BCUT2D eigenvalue weighted by Crippen LogP contribution is -2.38. The van der Waals surface area contributed by atoms with Crippen LogP contribution in [0.4, 0.5) is 15.8 Å². The van der Waals surface area contributed by atoms with Crippen molar-refractivity contribution in [3.05, 3.63) is 71.2 Å². The van der Waals surface area contributed by atoms with Crippen molar-refractivity contribution in [2.24, 2.45) is 5.41 Å². The van der Waals surface area contributed by atoms with Crippen LogP contribution in [0.1, 0.15) is 45.2 Å². The molecule has 1 aliphatic heterocycles. The van der Waals surface area contributed by atoms with Crippen molar-refractivity contribution in [1.82, 2.24) is 0 Å². The van der Waals surface area contributed by atoms with Gasteiger partial charge in [-0.05, 0) is 41.7 Å². The average Bonchev–Trinajstić information content (AvgIpc) is 2.75. The maximum Gasteiger partial charge on any atom is 0.224 e. The van der Waals surface area contributed by atoms with Gasteiger partial charge in [0.05, 0.1) is 17.4 Å². The maximum absolute atomic E-state index is 13.6. The van der Waals surface area contributed by atoms with Crippen LogP contribution in [-0.4, -0.2) is 11.7 Å². The van der Waals surface area contributed by atoms with Gasteiger partial charge in [0.25, 0.3) is 0 Å². The molecule has 28 heavy (non-hydrogen) atoms. The molecule has 2 aliphatic rings. The zero-order valence-corrected chi connectivity index (χ0v) is 16.3. The summed E-state index contributed by atoms with van der Waals surface area (Å²) in [5.41, 5.74) is 3.49. The molecular weight excluding hydrogens is 355 g/mol. The van der Waals surface area contributed by atoms with E-state index >= 15 is 0 Å². The third-order valence-electron chi connectivity index (χ3n) is 5.43. The van der Waals surface area contributed by atoms with Crippen LogP contribution in [0.25, 0.3) is 0 Å². The van der Waals surface area contributed by atoms with Crippen molar-refractivity contribution >= 4 is 23.1 Å². The first-order valence-electron chi connectivity index (χ1n) is 9.44. The molecule has 0 saturated carbocycles. The molecule has 4 rings (SSSR count). The van der Waals surface area contributed by atoms with Gasteiger partial charge in [0.2, 0.25) is 5.91 Å². The predicted molar refractivity (Wildman–Crippen MR) is 107 cm³/mol. The van der Waals surface area contributed by atoms with Gasteiger partial charge in [-0.3, -0.25) is 14.5 Å². The Labute approximate surface area is 164 Å². The topological polar surface area (TPSA) is 49.4 Å². The van der Waals surface area contributed by atoms with E-state index in [4.69, 9.17) is 0 Å². The Balaban J connectivity index is 2.00. The summed E-state index contributed by atoms with van der Waals surface area (Å²) in [5, 5.41) is 3.43. The van der Waals surface area contributed by atoms with Crippen molar-refractivity contribution in [2.45, 2.75) is 39.7 Å². The SMILES string of the molecule is CC(=O)N1c2ccccc2NC2=C(C(=O)CC(C)(C)C2)C1c1ccc(F)cc1. The van der Waals surface area contributed by atoms with Gasteiger partial charge in [-0.1, -0.05) is 38.1 Å². The van der Waals surface area contributed by atoms with Gasteiger partial charge in [0.1, 0.15) is 5.82 Å². The Morgan fingerprint density at radius 3 is 2.46 bits per heavy atom. The highest BCUT2D eigenvalue weighted by Gasteiger charge is 2.42. The molecule has 1 aliphatic carbocycles. The molecule has 0 fully saturated rings. The number of hydrogen-bond acceptors (Lipinski definition) is 3. The molecule has 1 amide bonds. The summed E-state index contributed by atoms with van der Waals surface area (Å²) in [7, 11) is 0. The third kappa shape index (κ3) is 3.11. The minimum absolute atomic E-state index is 0.0205. The summed E-state index contributed by atoms with van der Waals surface area (Å²) in [6.45, 7) is 5.64. The largest absolute Gasteiger partial charge is 0.357 e. The second-order valence-corrected chi connectivity index (χ2v) is 8.32. The highest BCUT2D eigenvalue weighted by atomic mass is 19.1. The average molecular weight is 378 g/mol. The van der Waals surface area contributed by atoms with Crippen LogP contribution in [0.3, 0.4) is 0 Å². The normalized spacial score (nSPS) is 20.8. The zero-order chi connectivity index (χ0) is 20.1. The Morgan fingerprint density at radius 1 is 1.11 bits per heavy atom. The number of fused-ring (bicyclic) bond motifs is 1. The Kier molecular flexibility index (Phi) is 4.33. The number of rotatable bonds is 1. The van der Waals surface area contributed by atoms with E-state index in [-0.39, 0.29) is 22.9 Å². The summed E-state index contributed by atoms with van der Waals surface area (Å²) >= 11 is 0. The van der Waals surface area contributed by atoms with Gasteiger partial charge in [-0.25, -0.2) is 4.39 Å². The van der Waals surface area contributed by atoms with Gasteiger partial charge in [0, 0.05) is 24.6 Å². The first kappa shape index (κ1) is 18.4. The third-order valence-corrected chi connectivity index (χ3v) is 5.43. The number of amides is 1. The van der Waals surface area contributed by atoms with Gasteiger partial charge < -0.3 is 5.32 Å². The maximum atomic E-state index is 13.6. The second-order valence-electron chi connectivity index (χ2n) is 8.32. The molecule has 5 heteroatoms. The highest BCUT2D eigenvalue weighted by molar-refractivity contribution is 6.05. The van der Waals surface area contributed by atoms with Gasteiger partial charge in [-0.2, -0.15) is 0 Å². The van der Waals surface area contributed by atoms with Crippen LogP contribution in [0, 0.1) is 11.2 Å². The molecule has 1 heterocycles. The number of allylic oxidation sites excluding steroid dienone is 1. The summed E-state index contributed by atoms with van der Waals surface area (Å²) in [5.74, 6) is -0.502. The minimum atomic E-state index is -0.590. The number of carbonyl (C=O) groups excluding carboxylic acids is 2. The van der Waals surface area contributed by atoms with E-state index < -0.39 is 6.04 Å². The number of nitrogens with zero attached hydrogens (tertiary/aromatic N) is 1. The van der Waals surface area contributed by atoms with Crippen molar-refractivity contribution in [2.75, 3.05) is 10.2 Å². The first-order valence-corrected chi connectivity index (χ1v) is 9.44. The quantitative estimate of drug-likeness (QED) is 0.761. The summed E-state index contributed by atoms with van der Waals surface area (Å²) < 4.78 is 13.6. The number of para-hydroxylation sites is 2. The molecule has 1 N–H and O–H groups in total. The molecule has 2 aromatic rings. The van der Waals surface area contributed by atoms with Crippen LogP contribution in [-0.2, 0) is 9.59 Å². The number of anilines is 2. The minimum Gasteiger partial charge on any atom is -0.357 e. The van der Waals surface area contributed by atoms with Gasteiger partial charge >= 0.3 is 0 Å². The lowest BCUT2D eigenvalue weighted by molar-refractivity contribution is -0.118. The molecular formula is C23H23FN2O2. The van der Waals surface area contributed by atoms with E-state index in [0.29, 0.717) is 24.1 Å². The van der Waals surface area contributed by atoms with E-state index in [1.54, 1.807) is 17.0 Å². The van der Waals surface area contributed by atoms with Crippen molar-refractivity contribution < 1.29 is 14.0 Å². The fourth-order valence-corrected chi connectivity index (χ4v) is 4.30. The number of hydrogen-bond donors (Lipinski definition) is 1. The molecule has 1 atom stereocenters. The molecule has 144 valence electrons. The Hall–Kier alpha value is -2.95. The molecule has 0 spiro atoms. The van der Waals surface area contributed by atoms with Crippen LogP contribution in [0.15, 0.2) is 59.8 Å². The van der Waals surface area contributed by atoms with E-state index in [0.717, 1.165) is 16.9 Å². The Morgan fingerprint density at radius 2 is 1.79 bits per heavy atom. The van der Waals surface area contributed by atoms with E-state index in [2.05, 4.69) is 19.2 Å². The zero-order valence-electron chi connectivity index (χ0n) is 16.3. The molecule has 1 unspecified atom stereocenters. The number of Topliss-reactive ketones (excluding diaryl/α,β-unsaturated/α-hetero) is 1. The van der Waals surface area contributed by atoms with Gasteiger partial charge in [-0.15, -0.1) is 0 Å². The number of halogens is 1. The van der Waals surface area contributed by atoms with E-state index in [9.17, 15) is 14.0 Å². The smallest absolute Gasteiger partial charge is 0.224 e. The molecule has 0 aromatic heterocycles. The van der Waals surface area contributed by atoms with Crippen molar-refractivity contribution in [1.29, 1.82) is 0 Å². The second kappa shape index (κ2) is 6.59.